The summed E-state index contributed by atoms with van der Waals surface area (Å²) in [5.74, 6) is -0.0317. The number of fused-ring (bicyclic) bond motifs is 1. The average molecular weight is 358 g/mol. The highest BCUT2D eigenvalue weighted by atomic mass is 16.5. The summed E-state index contributed by atoms with van der Waals surface area (Å²) in [6.07, 6.45) is 5.56. The van der Waals surface area contributed by atoms with Crippen molar-refractivity contribution < 1.29 is 9.53 Å². The molecule has 0 radical (unpaired) electrons. The minimum absolute atomic E-state index is 0.0317. The average Bonchev–Trinajstić information content (AvgIpc) is 3.20. The molecule has 1 aromatic heterocycles. The third kappa shape index (κ3) is 3.41. The molecule has 3 heterocycles. The van der Waals surface area contributed by atoms with E-state index in [9.17, 15) is 9.59 Å². The van der Waals surface area contributed by atoms with Gasteiger partial charge in [-0.1, -0.05) is 6.42 Å². The summed E-state index contributed by atoms with van der Waals surface area (Å²) >= 11 is 0. The zero-order valence-electron chi connectivity index (χ0n) is 15.1. The van der Waals surface area contributed by atoms with E-state index < -0.39 is 0 Å². The van der Waals surface area contributed by atoms with E-state index in [2.05, 4.69) is 27.1 Å². The molecule has 2 atom stereocenters. The van der Waals surface area contributed by atoms with Crippen molar-refractivity contribution in [1.82, 2.24) is 14.9 Å². The van der Waals surface area contributed by atoms with Gasteiger partial charge in [-0.25, -0.2) is 4.79 Å². The Kier molecular flexibility index (Phi) is 4.58. The maximum Gasteiger partial charge on any atom is 0.323 e. The number of aromatic nitrogens is 2. The predicted octanol–water partition coefficient (Wildman–Crippen LogP) is 2.22. The van der Waals surface area contributed by atoms with Gasteiger partial charge >= 0.3 is 5.69 Å². The number of piperidine rings is 1. The fourth-order valence-electron chi connectivity index (χ4n) is 4.43. The lowest BCUT2D eigenvalue weighted by Gasteiger charge is -2.44. The number of carbonyl (C=O) groups is 1. The summed E-state index contributed by atoms with van der Waals surface area (Å²) in [6, 6.07) is 5.67. The number of H-pyrrole nitrogens is 2. The maximum absolute atomic E-state index is 12.6. The van der Waals surface area contributed by atoms with Crippen molar-refractivity contribution in [2.45, 2.75) is 50.7 Å². The monoisotopic (exact) mass is 358 g/mol. The summed E-state index contributed by atoms with van der Waals surface area (Å²) in [7, 11) is 0. The molecular formula is C19H26N4O3. The van der Waals surface area contributed by atoms with Gasteiger partial charge in [0.2, 0.25) is 5.91 Å². The molecule has 1 aromatic carbocycles. The van der Waals surface area contributed by atoms with Gasteiger partial charge in [0, 0.05) is 18.3 Å². The molecule has 7 nitrogen and oxygen atoms in total. The topological polar surface area (TPSA) is 90.2 Å². The van der Waals surface area contributed by atoms with Crippen molar-refractivity contribution in [1.29, 1.82) is 0 Å². The largest absolute Gasteiger partial charge is 0.374 e. The first-order valence-electron chi connectivity index (χ1n) is 9.43. The molecule has 0 aliphatic carbocycles. The highest BCUT2D eigenvalue weighted by Crippen LogP contribution is 2.36. The van der Waals surface area contributed by atoms with Crippen molar-refractivity contribution in [3.63, 3.8) is 0 Å². The third-order valence-electron chi connectivity index (χ3n) is 5.71. The van der Waals surface area contributed by atoms with Gasteiger partial charge in [-0.3, -0.25) is 9.69 Å². The van der Waals surface area contributed by atoms with Crippen LogP contribution in [0.2, 0.25) is 0 Å². The number of hydrogen-bond donors (Lipinski definition) is 3. The number of carbonyl (C=O) groups excluding carboxylic acids is 1. The molecule has 7 heteroatoms. The second kappa shape index (κ2) is 6.89. The van der Waals surface area contributed by atoms with E-state index in [1.165, 1.54) is 6.42 Å². The Morgan fingerprint density at radius 2 is 2.15 bits per heavy atom. The number of anilines is 1. The van der Waals surface area contributed by atoms with E-state index in [1.54, 1.807) is 18.2 Å². The first-order chi connectivity index (χ1) is 12.5. The van der Waals surface area contributed by atoms with Crippen LogP contribution in [0.3, 0.4) is 0 Å². The van der Waals surface area contributed by atoms with Crippen LogP contribution in [-0.2, 0) is 9.53 Å². The lowest BCUT2D eigenvalue weighted by Crippen LogP contribution is -2.54. The molecule has 1 amide bonds. The number of nitrogens with zero attached hydrogens (tertiary/aromatic N) is 1. The zero-order valence-corrected chi connectivity index (χ0v) is 15.1. The predicted molar refractivity (Wildman–Crippen MR) is 100 cm³/mol. The molecule has 2 aromatic rings. The number of aromatic amines is 2. The molecule has 0 spiro atoms. The first-order valence-corrected chi connectivity index (χ1v) is 9.43. The van der Waals surface area contributed by atoms with E-state index in [0.717, 1.165) is 44.4 Å². The van der Waals surface area contributed by atoms with Crippen LogP contribution in [0.1, 0.15) is 39.0 Å². The van der Waals surface area contributed by atoms with E-state index >= 15 is 0 Å². The second-order valence-corrected chi connectivity index (χ2v) is 7.63. The van der Waals surface area contributed by atoms with Crippen molar-refractivity contribution in [3.8, 4) is 0 Å². The van der Waals surface area contributed by atoms with Crippen LogP contribution in [0.25, 0.3) is 11.0 Å². The minimum atomic E-state index is -0.246. The molecule has 2 aliphatic heterocycles. The Hall–Kier alpha value is -2.12. The minimum Gasteiger partial charge on any atom is -0.374 e. The Labute approximate surface area is 152 Å². The Morgan fingerprint density at radius 3 is 2.96 bits per heavy atom. The third-order valence-corrected chi connectivity index (χ3v) is 5.71. The molecule has 2 saturated heterocycles. The van der Waals surface area contributed by atoms with E-state index in [1.807, 2.05) is 0 Å². The molecule has 0 saturated carbocycles. The Bertz CT molecular complexity index is 850. The van der Waals surface area contributed by atoms with Gasteiger partial charge < -0.3 is 20.0 Å². The lowest BCUT2D eigenvalue weighted by molar-refractivity contribution is -0.121. The molecular weight excluding hydrogens is 332 g/mol. The van der Waals surface area contributed by atoms with Gasteiger partial charge in [0.05, 0.1) is 23.2 Å². The Balaban J connectivity index is 1.44. The fourth-order valence-corrected chi connectivity index (χ4v) is 4.43. The molecule has 0 bridgehead atoms. The summed E-state index contributed by atoms with van der Waals surface area (Å²) < 4.78 is 6.05. The zero-order chi connectivity index (χ0) is 18.1. The van der Waals surface area contributed by atoms with Crippen LogP contribution in [-0.4, -0.2) is 52.1 Å². The van der Waals surface area contributed by atoms with Crippen LogP contribution in [0.4, 0.5) is 5.69 Å². The number of likely N-dealkylation sites (tertiary alicyclic amines) is 1. The highest BCUT2D eigenvalue weighted by Gasteiger charge is 2.42. The number of amides is 1. The first kappa shape index (κ1) is 17.3. The van der Waals surface area contributed by atoms with Crippen LogP contribution >= 0.6 is 0 Å². The number of benzene rings is 1. The normalized spacial score (nSPS) is 27.0. The highest BCUT2D eigenvalue weighted by molar-refractivity contribution is 5.94. The van der Waals surface area contributed by atoms with Gasteiger partial charge in [0.1, 0.15) is 0 Å². The van der Waals surface area contributed by atoms with E-state index in [4.69, 9.17) is 4.74 Å². The molecule has 3 N–H and O–H groups in total. The number of hydrogen-bond acceptors (Lipinski definition) is 4. The number of ether oxygens (including phenoxy) is 1. The summed E-state index contributed by atoms with van der Waals surface area (Å²) in [5.41, 5.74) is 1.73. The van der Waals surface area contributed by atoms with Crippen molar-refractivity contribution in [2.75, 3.05) is 25.0 Å². The quantitative estimate of drug-likeness (QED) is 0.782. The number of rotatable bonds is 4. The lowest BCUT2D eigenvalue weighted by atomic mass is 9.85. The molecule has 2 fully saturated rings. The van der Waals surface area contributed by atoms with Crippen molar-refractivity contribution >= 4 is 22.6 Å². The summed E-state index contributed by atoms with van der Waals surface area (Å²) in [5, 5.41) is 2.96. The van der Waals surface area contributed by atoms with Crippen molar-refractivity contribution in [3.05, 3.63) is 28.7 Å². The summed E-state index contributed by atoms with van der Waals surface area (Å²) in [6.45, 7) is 4.31. The Morgan fingerprint density at radius 1 is 1.31 bits per heavy atom. The second-order valence-electron chi connectivity index (χ2n) is 7.63. The molecule has 4 rings (SSSR count). The number of nitrogens with one attached hydrogen (secondary N) is 3. The van der Waals surface area contributed by atoms with Crippen molar-refractivity contribution in [2.24, 2.45) is 0 Å². The van der Waals surface area contributed by atoms with E-state index in [-0.39, 0.29) is 17.2 Å². The SMILES string of the molecule is CC1(C2CCCCN2CC(=O)Nc2ccc3[nH]c(=O)[nH]c3c2)CCCO1. The molecule has 26 heavy (non-hydrogen) atoms. The van der Waals surface area contributed by atoms with Crippen LogP contribution in [0.5, 0.6) is 0 Å². The van der Waals surface area contributed by atoms with Gasteiger partial charge in [0.15, 0.2) is 0 Å². The van der Waals surface area contributed by atoms with Gasteiger partial charge in [0.25, 0.3) is 0 Å². The number of imidazole rings is 1. The van der Waals surface area contributed by atoms with Crippen LogP contribution < -0.4 is 11.0 Å². The van der Waals surface area contributed by atoms with Crippen LogP contribution in [0, 0.1) is 0 Å². The van der Waals surface area contributed by atoms with Gasteiger partial charge in [-0.05, 0) is 57.4 Å². The molecule has 140 valence electrons. The van der Waals surface area contributed by atoms with E-state index in [0.29, 0.717) is 23.8 Å². The van der Waals surface area contributed by atoms with Gasteiger partial charge in [-0.15, -0.1) is 0 Å². The maximum atomic E-state index is 12.6. The summed E-state index contributed by atoms with van der Waals surface area (Å²) in [4.78, 5) is 31.7. The van der Waals surface area contributed by atoms with Crippen LogP contribution in [0.15, 0.2) is 23.0 Å². The fraction of sp³-hybridized carbons (Fsp3) is 0.579. The smallest absolute Gasteiger partial charge is 0.323 e. The molecule has 2 aliphatic rings. The molecule has 2 unspecified atom stereocenters. The standard InChI is InChI=1S/C19H26N4O3/c1-19(8-4-10-26-19)16-5-2-3-9-23(16)12-17(24)20-13-6-7-14-15(11-13)22-18(25)21-14/h6-7,11,16H,2-5,8-10,12H2,1H3,(H,20,24)(H2,21,22,25). The van der Waals surface area contributed by atoms with Gasteiger partial charge in [-0.2, -0.15) is 0 Å².